The fraction of sp³-hybridized carbons (Fsp3) is 0.588. The van der Waals surface area contributed by atoms with E-state index in [1.165, 1.54) is 0 Å². The van der Waals surface area contributed by atoms with Gasteiger partial charge in [0.1, 0.15) is 0 Å². The van der Waals surface area contributed by atoms with Gasteiger partial charge in [-0.3, -0.25) is 19.1 Å². The van der Waals surface area contributed by atoms with Crippen LogP contribution in [-0.4, -0.2) is 43.5 Å². The predicted molar refractivity (Wildman–Crippen MR) is 91.3 cm³/mol. The number of nitrogens with zero attached hydrogens (tertiary/aromatic N) is 5. The first kappa shape index (κ1) is 16.7. The van der Waals surface area contributed by atoms with Crippen LogP contribution in [0.1, 0.15) is 42.8 Å². The van der Waals surface area contributed by atoms with E-state index in [9.17, 15) is 4.79 Å². The van der Waals surface area contributed by atoms with Crippen LogP contribution in [0.4, 0.5) is 0 Å². The Bertz CT molecular complexity index is 731. The lowest BCUT2D eigenvalue weighted by Crippen LogP contribution is -2.29. The highest BCUT2D eigenvalue weighted by Gasteiger charge is 2.39. The Labute approximate surface area is 142 Å². The number of aryl methyl sites for hydroxylation is 1. The number of carbonyl (C=O) groups excluding carboxylic acids is 1. The second-order valence-corrected chi connectivity index (χ2v) is 6.98. The van der Waals surface area contributed by atoms with Gasteiger partial charge in [-0.2, -0.15) is 10.2 Å². The molecular weight excluding hydrogens is 304 g/mol. The minimum absolute atomic E-state index is 0.103. The predicted octanol–water partition coefficient (Wildman–Crippen LogP) is 1.21. The van der Waals surface area contributed by atoms with Crippen molar-refractivity contribution in [2.24, 2.45) is 18.7 Å². The SMILES string of the molecule is Cc1c([C@H]2CN(Cc3ccnn3C(C)C)C[C@@H]2C(N)=O)cnn1C. The molecule has 2 atom stereocenters. The van der Waals surface area contributed by atoms with E-state index in [0.717, 1.165) is 30.0 Å². The minimum Gasteiger partial charge on any atom is -0.369 e. The van der Waals surface area contributed by atoms with E-state index < -0.39 is 0 Å². The first-order chi connectivity index (χ1) is 11.4. The summed E-state index contributed by atoms with van der Waals surface area (Å²) in [6.45, 7) is 8.54. The number of nitrogens with two attached hydrogens (primary N) is 1. The topological polar surface area (TPSA) is 82.0 Å². The third kappa shape index (κ3) is 2.96. The van der Waals surface area contributed by atoms with Crippen LogP contribution in [0.5, 0.6) is 0 Å². The molecule has 0 aromatic carbocycles. The standard InChI is InChI=1S/C17H26N6O/c1-11(2)23-13(5-6-19-23)8-22-9-15(16(10-22)17(18)24)14-7-20-21(4)12(14)3/h5-7,11,15-16H,8-10H2,1-4H3,(H2,18,24)/t15-,16+/m1/s1. The quantitative estimate of drug-likeness (QED) is 0.893. The zero-order chi connectivity index (χ0) is 17.4. The molecule has 0 unspecified atom stereocenters. The lowest BCUT2D eigenvalue weighted by atomic mass is 9.89. The van der Waals surface area contributed by atoms with Crippen molar-refractivity contribution in [3.8, 4) is 0 Å². The molecule has 130 valence electrons. The van der Waals surface area contributed by atoms with Crippen LogP contribution >= 0.6 is 0 Å². The van der Waals surface area contributed by atoms with Crippen molar-refractivity contribution in [1.82, 2.24) is 24.5 Å². The normalized spacial score (nSPS) is 21.7. The van der Waals surface area contributed by atoms with Crippen LogP contribution in [0.3, 0.4) is 0 Å². The van der Waals surface area contributed by atoms with E-state index in [1.807, 2.05) is 41.8 Å². The molecule has 2 N–H and O–H groups in total. The summed E-state index contributed by atoms with van der Waals surface area (Å²) in [5.74, 6) is -0.307. The second kappa shape index (κ2) is 6.39. The van der Waals surface area contributed by atoms with E-state index in [2.05, 4.69) is 28.9 Å². The zero-order valence-electron chi connectivity index (χ0n) is 14.8. The van der Waals surface area contributed by atoms with Gasteiger partial charge in [0.15, 0.2) is 0 Å². The molecule has 7 heteroatoms. The van der Waals surface area contributed by atoms with Crippen LogP contribution in [-0.2, 0) is 18.4 Å². The summed E-state index contributed by atoms with van der Waals surface area (Å²) in [5, 5.41) is 8.72. The summed E-state index contributed by atoms with van der Waals surface area (Å²) in [4.78, 5) is 14.3. The van der Waals surface area contributed by atoms with Crippen molar-refractivity contribution in [3.63, 3.8) is 0 Å². The van der Waals surface area contributed by atoms with Crippen molar-refractivity contribution in [3.05, 3.63) is 35.4 Å². The van der Waals surface area contributed by atoms with Gasteiger partial charge in [0, 0.05) is 50.5 Å². The second-order valence-electron chi connectivity index (χ2n) is 6.98. The van der Waals surface area contributed by atoms with Crippen LogP contribution in [0.2, 0.25) is 0 Å². The third-order valence-electron chi connectivity index (χ3n) is 5.06. The summed E-state index contributed by atoms with van der Waals surface area (Å²) in [6.07, 6.45) is 3.71. The number of hydrogen-bond donors (Lipinski definition) is 1. The Balaban J connectivity index is 1.81. The fourth-order valence-electron chi connectivity index (χ4n) is 3.66. The highest BCUT2D eigenvalue weighted by Crippen LogP contribution is 2.34. The molecule has 1 aliphatic rings. The molecule has 0 bridgehead atoms. The van der Waals surface area contributed by atoms with Gasteiger partial charge < -0.3 is 5.73 Å². The van der Waals surface area contributed by atoms with Gasteiger partial charge in [0.25, 0.3) is 0 Å². The largest absolute Gasteiger partial charge is 0.369 e. The van der Waals surface area contributed by atoms with Crippen molar-refractivity contribution >= 4 is 5.91 Å². The van der Waals surface area contributed by atoms with Crippen LogP contribution in [0.15, 0.2) is 18.5 Å². The van der Waals surface area contributed by atoms with Gasteiger partial charge >= 0.3 is 0 Å². The van der Waals surface area contributed by atoms with Crippen molar-refractivity contribution < 1.29 is 4.79 Å². The maximum atomic E-state index is 12.0. The van der Waals surface area contributed by atoms with E-state index in [1.54, 1.807) is 0 Å². The molecule has 0 aliphatic carbocycles. The highest BCUT2D eigenvalue weighted by atomic mass is 16.1. The fourth-order valence-corrected chi connectivity index (χ4v) is 3.66. The summed E-state index contributed by atoms with van der Waals surface area (Å²) < 4.78 is 3.88. The van der Waals surface area contributed by atoms with E-state index in [0.29, 0.717) is 12.6 Å². The Morgan fingerprint density at radius 3 is 2.71 bits per heavy atom. The van der Waals surface area contributed by atoms with Crippen LogP contribution in [0, 0.1) is 12.8 Å². The van der Waals surface area contributed by atoms with Gasteiger partial charge in [0.05, 0.1) is 17.8 Å². The Morgan fingerprint density at radius 1 is 1.38 bits per heavy atom. The summed E-state index contributed by atoms with van der Waals surface area (Å²) >= 11 is 0. The molecule has 1 amide bonds. The Hall–Kier alpha value is -2.15. The molecule has 0 spiro atoms. The molecule has 1 aliphatic heterocycles. The van der Waals surface area contributed by atoms with E-state index >= 15 is 0 Å². The number of amides is 1. The maximum absolute atomic E-state index is 12.0. The first-order valence-electron chi connectivity index (χ1n) is 8.41. The van der Waals surface area contributed by atoms with Gasteiger partial charge in [-0.25, -0.2) is 0 Å². The van der Waals surface area contributed by atoms with Crippen LogP contribution in [0.25, 0.3) is 0 Å². The molecule has 7 nitrogen and oxygen atoms in total. The third-order valence-corrected chi connectivity index (χ3v) is 5.06. The zero-order valence-corrected chi connectivity index (χ0v) is 14.8. The van der Waals surface area contributed by atoms with Crippen molar-refractivity contribution in [2.45, 2.75) is 39.3 Å². The van der Waals surface area contributed by atoms with Gasteiger partial charge in [-0.05, 0) is 32.4 Å². The monoisotopic (exact) mass is 330 g/mol. The highest BCUT2D eigenvalue weighted by molar-refractivity contribution is 5.78. The molecule has 24 heavy (non-hydrogen) atoms. The number of primary amides is 1. The average molecular weight is 330 g/mol. The summed E-state index contributed by atoms with van der Waals surface area (Å²) in [7, 11) is 1.92. The van der Waals surface area contributed by atoms with Gasteiger partial charge in [0.2, 0.25) is 5.91 Å². The van der Waals surface area contributed by atoms with Crippen molar-refractivity contribution in [2.75, 3.05) is 13.1 Å². The molecule has 3 heterocycles. The molecule has 2 aromatic heterocycles. The number of likely N-dealkylation sites (tertiary alicyclic amines) is 1. The summed E-state index contributed by atoms with van der Waals surface area (Å²) in [6, 6.07) is 2.36. The molecule has 1 fully saturated rings. The molecule has 0 radical (unpaired) electrons. The first-order valence-corrected chi connectivity index (χ1v) is 8.41. The van der Waals surface area contributed by atoms with Crippen LogP contribution < -0.4 is 5.73 Å². The van der Waals surface area contributed by atoms with Gasteiger partial charge in [-0.1, -0.05) is 0 Å². The maximum Gasteiger partial charge on any atom is 0.222 e. The lowest BCUT2D eigenvalue weighted by Gasteiger charge is -2.18. The number of aromatic nitrogens is 4. The van der Waals surface area contributed by atoms with E-state index in [4.69, 9.17) is 5.73 Å². The Morgan fingerprint density at radius 2 is 2.12 bits per heavy atom. The minimum atomic E-state index is -0.233. The molecule has 1 saturated heterocycles. The lowest BCUT2D eigenvalue weighted by molar-refractivity contribution is -0.121. The Kier molecular flexibility index (Phi) is 4.45. The molecule has 2 aromatic rings. The number of rotatable bonds is 5. The molecular formula is C17H26N6O. The summed E-state index contributed by atoms with van der Waals surface area (Å²) in [5.41, 5.74) is 9.07. The average Bonchev–Trinajstić information content (AvgIpc) is 3.20. The molecule has 0 saturated carbocycles. The van der Waals surface area contributed by atoms with E-state index in [-0.39, 0.29) is 17.7 Å². The number of hydrogen-bond acceptors (Lipinski definition) is 4. The van der Waals surface area contributed by atoms with Crippen molar-refractivity contribution in [1.29, 1.82) is 0 Å². The van der Waals surface area contributed by atoms with Gasteiger partial charge in [-0.15, -0.1) is 0 Å². The molecule has 3 rings (SSSR count). The number of carbonyl (C=O) groups is 1. The smallest absolute Gasteiger partial charge is 0.222 e.